The third kappa shape index (κ3) is 3.68. The van der Waals surface area contributed by atoms with Crippen molar-refractivity contribution in [1.82, 2.24) is 5.32 Å². The van der Waals surface area contributed by atoms with Gasteiger partial charge in [-0.05, 0) is 36.5 Å². The van der Waals surface area contributed by atoms with Gasteiger partial charge in [0.25, 0.3) is 0 Å². The zero-order chi connectivity index (χ0) is 12.8. The molecule has 1 saturated heterocycles. The number of benzene rings is 1. The maximum atomic E-state index is 13.5. The van der Waals surface area contributed by atoms with E-state index in [9.17, 15) is 4.39 Å². The van der Waals surface area contributed by atoms with Crippen LogP contribution >= 0.6 is 0 Å². The molecule has 1 N–H and O–H groups in total. The molecule has 0 radical (unpaired) electrons. The van der Waals surface area contributed by atoms with E-state index in [1.807, 2.05) is 6.07 Å². The molecule has 1 heterocycles. The Balaban J connectivity index is 1.77. The summed E-state index contributed by atoms with van der Waals surface area (Å²) >= 11 is 0. The molecule has 0 amide bonds. The largest absolute Gasteiger partial charge is 0.494 e. The summed E-state index contributed by atoms with van der Waals surface area (Å²) in [6, 6.07) is 5.06. The summed E-state index contributed by atoms with van der Waals surface area (Å²) in [6.45, 7) is 3.33. The fraction of sp³-hybridized carbons (Fsp3) is 0.571. The molecule has 1 aromatic carbocycles. The maximum Gasteiger partial charge on any atom is 0.165 e. The Morgan fingerprint density at radius 1 is 1.50 bits per heavy atom. The van der Waals surface area contributed by atoms with Crippen molar-refractivity contribution in [3.63, 3.8) is 0 Å². The minimum atomic E-state index is -0.308. The minimum Gasteiger partial charge on any atom is -0.494 e. The molecule has 0 bridgehead atoms. The van der Waals surface area contributed by atoms with Crippen LogP contribution in [0.4, 0.5) is 4.39 Å². The highest BCUT2D eigenvalue weighted by atomic mass is 19.1. The lowest BCUT2D eigenvalue weighted by Crippen LogP contribution is -2.28. The van der Waals surface area contributed by atoms with E-state index in [0.717, 1.165) is 31.7 Å². The molecule has 1 unspecified atom stereocenters. The van der Waals surface area contributed by atoms with Gasteiger partial charge in [0, 0.05) is 19.7 Å². The predicted molar refractivity (Wildman–Crippen MR) is 68.2 cm³/mol. The first-order valence-electron chi connectivity index (χ1n) is 6.40. The Bertz CT molecular complexity index is 378. The molecule has 4 heteroatoms. The third-order valence-corrected chi connectivity index (χ3v) is 3.23. The molecule has 1 aliphatic rings. The van der Waals surface area contributed by atoms with Crippen LogP contribution in [0.3, 0.4) is 0 Å². The smallest absolute Gasteiger partial charge is 0.165 e. The first-order chi connectivity index (χ1) is 8.79. The van der Waals surface area contributed by atoms with Crippen LogP contribution in [-0.4, -0.2) is 26.9 Å². The first kappa shape index (κ1) is 13.3. The quantitative estimate of drug-likeness (QED) is 0.873. The lowest BCUT2D eigenvalue weighted by atomic mass is 10.0. The number of hydrogen-bond donors (Lipinski definition) is 1. The summed E-state index contributed by atoms with van der Waals surface area (Å²) in [6.07, 6.45) is 2.35. The van der Waals surface area contributed by atoms with Crippen molar-refractivity contribution in [2.45, 2.75) is 19.4 Å². The Kier molecular flexibility index (Phi) is 4.96. The number of ether oxygens (including phenoxy) is 2. The van der Waals surface area contributed by atoms with Gasteiger partial charge in [-0.1, -0.05) is 6.07 Å². The van der Waals surface area contributed by atoms with Crippen molar-refractivity contribution < 1.29 is 13.9 Å². The SMILES string of the molecule is COc1ccc(CNCC2CCCOC2)cc1F. The van der Waals surface area contributed by atoms with Crippen LogP contribution in [0.15, 0.2) is 18.2 Å². The molecule has 1 atom stereocenters. The zero-order valence-electron chi connectivity index (χ0n) is 10.7. The molecule has 1 aliphatic heterocycles. The molecule has 1 aromatic rings. The third-order valence-electron chi connectivity index (χ3n) is 3.23. The molecule has 0 spiro atoms. The Morgan fingerprint density at radius 3 is 3.06 bits per heavy atom. The van der Waals surface area contributed by atoms with E-state index in [4.69, 9.17) is 9.47 Å². The predicted octanol–water partition coefficient (Wildman–Crippen LogP) is 2.35. The van der Waals surface area contributed by atoms with E-state index >= 15 is 0 Å². The molecule has 0 aromatic heterocycles. The summed E-state index contributed by atoms with van der Waals surface area (Å²) < 4.78 is 23.8. The van der Waals surface area contributed by atoms with Gasteiger partial charge in [0.1, 0.15) is 0 Å². The van der Waals surface area contributed by atoms with Crippen molar-refractivity contribution >= 4 is 0 Å². The average molecular weight is 253 g/mol. The van der Waals surface area contributed by atoms with Crippen LogP contribution in [0.2, 0.25) is 0 Å². The van der Waals surface area contributed by atoms with E-state index in [0.29, 0.717) is 18.2 Å². The number of hydrogen-bond acceptors (Lipinski definition) is 3. The minimum absolute atomic E-state index is 0.291. The standard InChI is InChI=1S/C14H20FNO2/c1-17-14-5-4-11(7-13(14)15)8-16-9-12-3-2-6-18-10-12/h4-5,7,12,16H,2-3,6,8-10H2,1H3. The molecule has 3 nitrogen and oxygen atoms in total. The molecule has 100 valence electrons. The second kappa shape index (κ2) is 6.71. The lowest BCUT2D eigenvalue weighted by molar-refractivity contribution is 0.0547. The van der Waals surface area contributed by atoms with E-state index in [1.165, 1.54) is 19.6 Å². The number of nitrogens with one attached hydrogen (secondary N) is 1. The van der Waals surface area contributed by atoms with Crippen LogP contribution in [0.1, 0.15) is 18.4 Å². The van der Waals surface area contributed by atoms with Crippen LogP contribution in [0.5, 0.6) is 5.75 Å². The van der Waals surface area contributed by atoms with Crippen molar-refractivity contribution in [2.24, 2.45) is 5.92 Å². The van der Waals surface area contributed by atoms with Crippen LogP contribution in [0, 0.1) is 11.7 Å². The average Bonchev–Trinajstić information content (AvgIpc) is 2.40. The summed E-state index contributed by atoms with van der Waals surface area (Å²) in [5, 5.41) is 3.35. The molecule has 18 heavy (non-hydrogen) atoms. The van der Waals surface area contributed by atoms with E-state index in [1.54, 1.807) is 6.07 Å². The van der Waals surface area contributed by atoms with Gasteiger partial charge in [0.15, 0.2) is 11.6 Å². The molecule has 0 saturated carbocycles. The second-order valence-electron chi connectivity index (χ2n) is 4.68. The zero-order valence-corrected chi connectivity index (χ0v) is 10.7. The normalized spacial score (nSPS) is 19.8. The second-order valence-corrected chi connectivity index (χ2v) is 4.68. The van der Waals surface area contributed by atoms with Gasteiger partial charge in [-0.25, -0.2) is 4.39 Å². The Morgan fingerprint density at radius 2 is 2.39 bits per heavy atom. The van der Waals surface area contributed by atoms with Gasteiger partial charge in [-0.15, -0.1) is 0 Å². The van der Waals surface area contributed by atoms with E-state index in [-0.39, 0.29) is 5.82 Å². The first-order valence-corrected chi connectivity index (χ1v) is 6.40. The fourth-order valence-electron chi connectivity index (χ4n) is 2.21. The maximum absolute atomic E-state index is 13.5. The lowest BCUT2D eigenvalue weighted by Gasteiger charge is -2.22. The molecule has 1 fully saturated rings. The van der Waals surface area contributed by atoms with Crippen molar-refractivity contribution in [3.05, 3.63) is 29.6 Å². The van der Waals surface area contributed by atoms with Crippen molar-refractivity contribution in [3.8, 4) is 5.75 Å². The molecular weight excluding hydrogens is 233 g/mol. The van der Waals surface area contributed by atoms with Crippen LogP contribution in [0.25, 0.3) is 0 Å². The number of halogens is 1. The highest BCUT2D eigenvalue weighted by Gasteiger charge is 2.13. The van der Waals surface area contributed by atoms with Crippen LogP contribution in [-0.2, 0) is 11.3 Å². The topological polar surface area (TPSA) is 30.5 Å². The van der Waals surface area contributed by atoms with Gasteiger partial charge >= 0.3 is 0 Å². The Labute approximate surface area is 107 Å². The van der Waals surface area contributed by atoms with E-state index < -0.39 is 0 Å². The van der Waals surface area contributed by atoms with Gasteiger partial charge in [0.2, 0.25) is 0 Å². The fourth-order valence-corrected chi connectivity index (χ4v) is 2.21. The summed E-state index contributed by atoms with van der Waals surface area (Å²) in [4.78, 5) is 0. The molecule has 0 aliphatic carbocycles. The van der Waals surface area contributed by atoms with Gasteiger partial charge < -0.3 is 14.8 Å². The molecular formula is C14H20FNO2. The highest BCUT2D eigenvalue weighted by molar-refractivity contribution is 5.29. The van der Waals surface area contributed by atoms with Gasteiger partial charge in [-0.2, -0.15) is 0 Å². The van der Waals surface area contributed by atoms with Crippen molar-refractivity contribution in [2.75, 3.05) is 26.9 Å². The Hall–Kier alpha value is -1.13. The monoisotopic (exact) mass is 253 g/mol. The number of rotatable bonds is 5. The van der Waals surface area contributed by atoms with E-state index in [2.05, 4.69) is 5.32 Å². The van der Waals surface area contributed by atoms with Crippen molar-refractivity contribution in [1.29, 1.82) is 0 Å². The number of methoxy groups -OCH3 is 1. The summed E-state index contributed by atoms with van der Waals surface area (Å²) in [7, 11) is 1.47. The summed E-state index contributed by atoms with van der Waals surface area (Å²) in [5.41, 5.74) is 0.935. The van der Waals surface area contributed by atoms with Crippen LogP contribution < -0.4 is 10.1 Å². The summed E-state index contributed by atoms with van der Waals surface area (Å²) in [5.74, 6) is 0.569. The molecule has 2 rings (SSSR count). The van der Waals surface area contributed by atoms with Gasteiger partial charge in [0.05, 0.1) is 13.7 Å². The highest BCUT2D eigenvalue weighted by Crippen LogP contribution is 2.18. The van der Waals surface area contributed by atoms with Gasteiger partial charge in [-0.3, -0.25) is 0 Å².